The summed E-state index contributed by atoms with van der Waals surface area (Å²) in [5, 5.41) is 0. The third-order valence-electron chi connectivity index (χ3n) is 0.667. The van der Waals surface area contributed by atoms with Crippen molar-refractivity contribution in [3.63, 3.8) is 0 Å². The van der Waals surface area contributed by atoms with Crippen LogP contribution in [0.5, 0.6) is 0 Å². The van der Waals surface area contributed by atoms with E-state index in [0.717, 1.165) is 0 Å². The molecule has 0 unspecified atom stereocenters. The van der Waals surface area contributed by atoms with Crippen LogP contribution in [0.1, 0.15) is 0 Å². The monoisotopic (exact) mass is 170 g/mol. The van der Waals surface area contributed by atoms with Crippen molar-refractivity contribution in [1.82, 2.24) is 0 Å². The molecule has 0 heterocycles. The van der Waals surface area contributed by atoms with Crippen LogP contribution in [-0.4, -0.2) is 28.4 Å². The number of rotatable bonds is 0. The molecule has 12 heavy (non-hydrogen) atoms. The highest BCUT2D eigenvalue weighted by Gasteiger charge is 1.57. The molecule has 0 bridgehead atoms. The first-order chi connectivity index (χ1) is 5.83. The lowest BCUT2D eigenvalue weighted by atomic mass is 10.4. The molecule has 0 N–H and O–H groups in total. The molecule has 2 heteroatoms. The Kier molecular flexibility index (Phi) is 19.0. The van der Waals surface area contributed by atoms with E-state index in [1.165, 1.54) is 0 Å². The van der Waals surface area contributed by atoms with E-state index in [4.69, 9.17) is 0 Å². The van der Waals surface area contributed by atoms with Gasteiger partial charge >= 0.3 is 0 Å². The van der Waals surface area contributed by atoms with Crippen LogP contribution in [-0.2, 0) is 9.47 Å². The molecule has 0 saturated carbocycles. The Balaban J connectivity index is 0. The van der Waals surface area contributed by atoms with E-state index >= 15 is 0 Å². The first-order valence-electron chi connectivity index (χ1n) is 3.63. The summed E-state index contributed by atoms with van der Waals surface area (Å²) in [6, 6.07) is 12.0. The highest BCUT2D eigenvalue weighted by atomic mass is 16.5. The van der Waals surface area contributed by atoms with Gasteiger partial charge in [-0.3, -0.25) is 0 Å². The van der Waals surface area contributed by atoms with Crippen LogP contribution >= 0.6 is 0 Å². The minimum absolute atomic E-state index is 1.62. The zero-order chi connectivity index (χ0) is 9.66. The van der Waals surface area contributed by atoms with Gasteiger partial charge in [-0.05, 0) is 0 Å². The molecule has 70 valence electrons. The summed E-state index contributed by atoms with van der Waals surface area (Å²) < 4.78 is 8.50. The fraction of sp³-hybridized carbons (Fsp3) is 0.400. The normalized spacial score (nSPS) is 7.00. The molecule has 0 aromatic heterocycles. The minimum atomic E-state index is 1.62. The van der Waals surface area contributed by atoms with E-state index in [0.29, 0.717) is 0 Å². The van der Waals surface area contributed by atoms with E-state index in [1.807, 2.05) is 36.4 Å². The molecule has 0 aliphatic carbocycles. The van der Waals surface area contributed by atoms with Crippen molar-refractivity contribution in [3.05, 3.63) is 36.4 Å². The molecule has 0 amide bonds. The second-order valence-corrected chi connectivity index (χ2v) is 1.97. The van der Waals surface area contributed by atoms with Gasteiger partial charge in [0.05, 0.1) is 0 Å². The second kappa shape index (κ2) is 16.6. The van der Waals surface area contributed by atoms with E-state index in [1.54, 1.807) is 28.4 Å². The molecule has 0 atom stereocenters. The van der Waals surface area contributed by atoms with Gasteiger partial charge < -0.3 is 9.47 Å². The van der Waals surface area contributed by atoms with Gasteiger partial charge in [0.1, 0.15) is 0 Å². The van der Waals surface area contributed by atoms with Crippen molar-refractivity contribution in [2.75, 3.05) is 28.4 Å². The molecule has 2 nitrogen and oxygen atoms in total. The zero-order valence-electron chi connectivity index (χ0n) is 8.28. The van der Waals surface area contributed by atoms with Crippen LogP contribution < -0.4 is 0 Å². The van der Waals surface area contributed by atoms with Gasteiger partial charge in [-0.25, -0.2) is 0 Å². The number of hydrogen-bond donors (Lipinski definition) is 0. The van der Waals surface area contributed by atoms with Crippen molar-refractivity contribution < 1.29 is 9.47 Å². The standard InChI is InChI=1S/C6H6.2C2H6O/c1-2-4-6-5-3-1;2*1-3-2/h1-6H;2*1-2H3. The summed E-state index contributed by atoms with van der Waals surface area (Å²) >= 11 is 0. The zero-order valence-corrected chi connectivity index (χ0v) is 8.28. The molecular weight excluding hydrogens is 152 g/mol. The fourth-order valence-corrected chi connectivity index (χ4v) is 0.385. The van der Waals surface area contributed by atoms with E-state index in [9.17, 15) is 0 Å². The maximum Gasteiger partial charge on any atom is 0.0351 e. The Morgan fingerprint density at radius 3 is 0.667 bits per heavy atom. The van der Waals surface area contributed by atoms with Crippen molar-refractivity contribution in [2.45, 2.75) is 0 Å². The van der Waals surface area contributed by atoms with Crippen LogP contribution in [0.3, 0.4) is 0 Å². The van der Waals surface area contributed by atoms with E-state index < -0.39 is 0 Å². The van der Waals surface area contributed by atoms with Crippen LogP contribution in [0.15, 0.2) is 36.4 Å². The molecule has 0 spiro atoms. The van der Waals surface area contributed by atoms with E-state index in [2.05, 4.69) is 9.47 Å². The lowest BCUT2D eigenvalue weighted by Crippen LogP contribution is -1.55. The lowest BCUT2D eigenvalue weighted by Gasteiger charge is -1.69. The van der Waals surface area contributed by atoms with Gasteiger partial charge in [0, 0.05) is 28.4 Å². The van der Waals surface area contributed by atoms with Crippen molar-refractivity contribution in [1.29, 1.82) is 0 Å². The lowest BCUT2D eigenvalue weighted by molar-refractivity contribution is 0.277. The molecule has 1 aromatic rings. The topological polar surface area (TPSA) is 18.5 Å². The largest absolute Gasteiger partial charge is 0.388 e. The van der Waals surface area contributed by atoms with Crippen LogP contribution in [0.25, 0.3) is 0 Å². The highest BCUT2D eigenvalue weighted by molar-refractivity contribution is 4.99. The molecule has 0 aliphatic heterocycles. The van der Waals surface area contributed by atoms with Crippen molar-refractivity contribution >= 4 is 0 Å². The van der Waals surface area contributed by atoms with Crippen molar-refractivity contribution in [3.8, 4) is 0 Å². The van der Waals surface area contributed by atoms with E-state index in [-0.39, 0.29) is 0 Å². The minimum Gasteiger partial charge on any atom is -0.388 e. The number of methoxy groups -OCH3 is 2. The van der Waals surface area contributed by atoms with Gasteiger partial charge in [0.15, 0.2) is 0 Å². The predicted molar refractivity (Wildman–Crippen MR) is 52.3 cm³/mol. The first-order valence-corrected chi connectivity index (χ1v) is 3.63. The number of benzene rings is 1. The van der Waals surface area contributed by atoms with Gasteiger partial charge in [-0.2, -0.15) is 0 Å². The Bertz CT molecular complexity index is 99.8. The molecule has 1 aromatic carbocycles. The SMILES string of the molecule is COC.COC.c1ccccc1. The Labute approximate surface area is 75.1 Å². The molecule has 0 saturated heterocycles. The van der Waals surface area contributed by atoms with Gasteiger partial charge in [0.25, 0.3) is 0 Å². The average molecular weight is 170 g/mol. The second-order valence-electron chi connectivity index (χ2n) is 1.97. The van der Waals surface area contributed by atoms with Crippen LogP contribution in [0, 0.1) is 0 Å². The summed E-state index contributed by atoms with van der Waals surface area (Å²) in [6.45, 7) is 0. The summed E-state index contributed by atoms with van der Waals surface area (Å²) in [5.41, 5.74) is 0. The maximum absolute atomic E-state index is 4.25. The van der Waals surface area contributed by atoms with Crippen molar-refractivity contribution in [2.24, 2.45) is 0 Å². The van der Waals surface area contributed by atoms with Gasteiger partial charge in [-0.15, -0.1) is 0 Å². The summed E-state index contributed by atoms with van der Waals surface area (Å²) in [6.07, 6.45) is 0. The number of ether oxygens (including phenoxy) is 2. The third kappa shape index (κ3) is 22.9. The maximum atomic E-state index is 4.25. The summed E-state index contributed by atoms with van der Waals surface area (Å²) in [7, 11) is 6.50. The smallest absolute Gasteiger partial charge is 0.0351 e. The van der Waals surface area contributed by atoms with Gasteiger partial charge in [-0.1, -0.05) is 36.4 Å². The molecule has 0 fully saturated rings. The molecule has 1 rings (SSSR count). The molecule has 0 radical (unpaired) electrons. The summed E-state index contributed by atoms with van der Waals surface area (Å²) in [4.78, 5) is 0. The Hall–Kier alpha value is -0.860. The third-order valence-corrected chi connectivity index (χ3v) is 0.667. The van der Waals surface area contributed by atoms with Crippen LogP contribution in [0.4, 0.5) is 0 Å². The quantitative estimate of drug-likeness (QED) is 0.594. The molecule has 0 aliphatic rings. The fourth-order valence-electron chi connectivity index (χ4n) is 0.385. The molecular formula is C10H18O2. The summed E-state index contributed by atoms with van der Waals surface area (Å²) in [5.74, 6) is 0. The Morgan fingerprint density at radius 1 is 0.500 bits per heavy atom. The van der Waals surface area contributed by atoms with Gasteiger partial charge in [0.2, 0.25) is 0 Å². The average Bonchev–Trinajstić information content (AvgIpc) is 2.10. The number of hydrogen-bond acceptors (Lipinski definition) is 2. The Morgan fingerprint density at radius 2 is 0.583 bits per heavy atom. The highest BCUT2D eigenvalue weighted by Crippen LogP contribution is 1.79. The first kappa shape index (κ1) is 13.7. The van der Waals surface area contributed by atoms with Crippen LogP contribution in [0.2, 0.25) is 0 Å². The predicted octanol–water partition coefficient (Wildman–Crippen LogP) is 2.21.